The number of fused-ring (bicyclic) bond motifs is 2. The Hall–Kier alpha value is -1.55. The van der Waals surface area contributed by atoms with E-state index >= 15 is 0 Å². The Balaban J connectivity index is 1.94. The van der Waals surface area contributed by atoms with Gasteiger partial charge in [-0.1, -0.05) is 45.0 Å². The lowest BCUT2D eigenvalue weighted by atomic mass is 9.74. The summed E-state index contributed by atoms with van der Waals surface area (Å²) in [6.45, 7) is 7.73. The molecule has 1 amide bonds. The Morgan fingerprint density at radius 3 is 2.50 bits per heavy atom. The van der Waals surface area contributed by atoms with E-state index in [1.165, 1.54) is 16.0 Å². The van der Waals surface area contributed by atoms with Crippen molar-refractivity contribution < 1.29 is 14.6 Å². The summed E-state index contributed by atoms with van der Waals surface area (Å²) >= 11 is 0. The standard InChI is InChI=1S/C18H25NO3/c1-17(2,3)15-12-13-6-4-5-7-14(13)18(22-15)8-10-19(11-9-18)16(20)21/h4-7,15H,8-12H2,1-3H3,(H,20,21). The van der Waals surface area contributed by atoms with Crippen LogP contribution in [0.15, 0.2) is 24.3 Å². The molecule has 1 N–H and O–H groups in total. The van der Waals surface area contributed by atoms with E-state index in [9.17, 15) is 9.90 Å². The molecule has 120 valence electrons. The van der Waals surface area contributed by atoms with E-state index in [0.717, 1.165) is 19.3 Å². The van der Waals surface area contributed by atoms with E-state index in [1.807, 2.05) is 0 Å². The predicted molar refractivity (Wildman–Crippen MR) is 85.0 cm³/mol. The maximum absolute atomic E-state index is 11.2. The molecule has 0 aromatic heterocycles. The molecule has 2 heterocycles. The van der Waals surface area contributed by atoms with Gasteiger partial charge in [-0.25, -0.2) is 4.79 Å². The van der Waals surface area contributed by atoms with Crippen LogP contribution >= 0.6 is 0 Å². The largest absolute Gasteiger partial charge is 0.465 e. The predicted octanol–water partition coefficient (Wildman–Crippen LogP) is 3.64. The van der Waals surface area contributed by atoms with Crippen molar-refractivity contribution in [3.05, 3.63) is 35.4 Å². The summed E-state index contributed by atoms with van der Waals surface area (Å²) in [5.41, 5.74) is 2.38. The molecule has 1 fully saturated rings. The maximum atomic E-state index is 11.2. The Kier molecular flexibility index (Phi) is 3.68. The van der Waals surface area contributed by atoms with E-state index < -0.39 is 6.09 Å². The zero-order valence-corrected chi connectivity index (χ0v) is 13.6. The van der Waals surface area contributed by atoms with Gasteiger partial charge in [-0.15, -0.1) is 0 Å². The zero-order valence-electron chi connectivity index (χ0n) is 13.6. The highest BCUT2D eigenvalue weighted by molar-refractivity contribution is 5.65. The van der Waals surface area contributed by atoms with Crippen LogP contribution in [0.25, 0.3) is 0 Å². The summed E-state index contributed by atoms with van der Waals surface area (Å²) in [6.07, 6.45) is 1.75. The monoisotopic (exact) mass is 303 g/mol. The topological polar surface area (TPSA) is 49.8 Å². The second-order valence-electron chi connectivity index (χ2n) is 7.60. The summed E-state index contributed by atoms with van der Waals surface area (Å²) in [4.78, 5) is 12.7. The number of piperidine rings is 1. The molecule has 1 spiro atoms. The van der Waals surface area contributed by atoms with Crippen molar-refractivity contribution in [3.8, 4) is 0 Å². The summed E-state index contributed by atoms with van der Waals surface area (Å²) in [5, 5.41) is 9.19. The first kappa shape index (κ1) is 15.3. The number of hydrogen-bond donors (Lipinski definition) is 1. The molecule has 0 radical (unpaired) electrons. The van der Waals surface area contributed by atoms with Crippen LogP contribution < -0.4 is 0 Å². The van der Waals surface area contributed by atoms with Crippen LogP contribution in [0.2, 0.25) is 0 Å². The third-order valence-corrected chi connectivity index (χ3v) is 5.09. The Bertz CT molecular complexity index is 568. The average molecular weight is 303 g/mol. The van der Waals surface area contributed by atoms with Crippen molar-refractivity contribution in [2.24, 2.45) is 5.41 Å². The smallest absolute Gasteiger partial charge is 0.407 e. The van der Waals surface area contributed by atoms with Gasteiger partial charge in [0.2, 0.25) is 0 Å². The number of hydrogen-bond acceptors (Lipinski definition) is 2. The SMILES string of the molecule is CC(C)(C)C1Cc2ccccc2C2(CCN(C(=O)O)CC2)O1. The van der Waals surface area contributed by atoms with Gasteiger partial charge in [0.05, 0.1) is 11.7 Å². The molecule has 1 unspecified atom stereocenters. The Morgan fingerprint density at radius 2 is 1.91 bits per heavy atom. The molecule has 1 atom stereocenters. The Labute approximate surface area is 132 Å². The number of carbonyl (C=O) groups is 1. The minimum Gasteiger partial charge on any atom is -0.465 e. The molecule has 4 nitrogen and oxygen atoms in total. The molecule has 1 saturated heterocycles. The number of carboxylic acid groups (broad SMARTS) is 1. The van der Waals surface area contributed by atoms with E-state index in [0.29, 0.717) is 13.1 Å². The van der Waals surface area contributed by atoms with Gasteiger partial charge in [-0.2, -0.15) is 0 Å². The molecule has 2 aliphatic heterocycles. The van der Waals surface area contributed by atoms with Crippen molar-refractivity contribution in [1.29, 1.82) is 0 Å². The number of amides is 1. The molecule has 1 aromatic rings. The van der Waals surface area contributed by atoms with E-state index in [4.69, 9.17) is 4.74 Å². The summed E-state index contributed by atoms with van der Waals surface area (Å²) < 4.78 is 6.61. The fraction of sp³-hybridized carbons (Fsp3) is 0.611. The highest BCUT2D eigenvalue weighted by Gasteiger charge is 2.46. The van der Waals surface area contributed by atoms with Crippen molar-refractivity contribution >= 4 is 6.09 Å². The van der Waals surface area contributed by atoms with Gasteiger partial charge in [0.15, 0.2) is 0 Å². The first-order chi connectivity index (χ1) is 10.3. The average Bonchev–Trinajstić information content (AvgIpc) is 2.47. The molecule has 3 rings (SSSR count). The van der Waals surface area contributed by atoms with Gasteiger partial charge in [-0.3, -0.25) is 0 Å². The van der Waals surface area contributed by atoms with Crippen molar-refractivity contribution in [3.63, 3.8) is 0 Å². The molecule has 0 saturated carbocycles. The van der Waals surface area contributed by atoms with E-state index in [2.05, 4.69) is 45.0 Å². The molecule has 0 bridgehead atoms. The third kappa shape index (κ3) is 2.60. The summed E-state index contributed by atoms with van der Waals surface area (Å²) in [6, 6.07) is 8.50. The second-order valence-corrected chi connectivity index (χ2v) is 7.60. The van der Waals surface area contributed by atoms with Crippen LogP contribution in [0, 0.1) is 5.41 Å². The number of benzene rings is 1. The molecular formula is C18H25NO3. The minimum atomic E-state index is -0.827. The molecule has 4 heteroatoms. The lowest BCUT2D eigenvalue weighted by molar-refractivity contribution is -0.167. The van der Waals surface area contributed by atoms with E-state index in [-0.39, 0.29) is 17.1 Å². The second kappa shape index (κ2) is 5.27. The van der Waals surface area contributed by atoms with Crippen molar-refractivity contribution in [2.75, 3.05) is 13.1 Å². The zero-order chi connectivity index (χ0) is 16.0. The number of likely N-dealkylation sites (tertiary alicyclic amines) is 1. The normalized spacial score (nSPS) is 24.1. The van der Waals surface area contributed by atoms with Gasteiger partial charge < -0.3 is 14.7 Å². The van der Waals surface area contributed by atoms with E-state index in [1.54, 1.807) is 0 Å². The highest BCUT2D eigenvalue weighted by atomic mass is 16.5. The van der Waals surface area contributed by atoms with Gasteiger partial charge in [0.1, 0.15) is 0 Å². The van der Waals surface area contributed by atoms with Crippen LogP contribution in [0.5, 0.6) is 0 Å². The van der Waals surface area contributed by atoms with Crippen molar-refractivity contribution in [1.82, 2.24) is 4.90 Å². The number of rotatable bonds is 0. The molecular weight excluding hydrogens is 278 g/mol. The molecule has 0 aliphatic carbocycles. The Morgan fingerprint density at radius 1 is 1.27 bits per heavy atom. The molecule has 1 aromatic carbocycles. The van der Waals surface area contributed by atoms with Crippen LogP contribution in [-0.4, -0.2) is 35.3 Å². The third-order valence-electron chi connectivity index (χ3n) is 5.09. The number of nitrogens with zero attached hydrogens (tertiary/aromatic N) is 1. The van der Waals surface area contributed by atoms with Crippen molar-refractivity contribution in [2.45, 2.75) is 51.7 Å². The molecule has 22 heavy (non-hydrogen) atoms. The summed E-state index contributed by atoms with van der Waals surface area (Å²) in [5.74, 6) is 0. The maximum Gasteiger partial charge on any atom is 0.407 e. The quantitative estimate of drug-likeness (QED) is 0.796. The van der Waals surface area contributed by atoms with Gasteiger partial charge in [0.25, 0.3) is 0 Å². The molecule has 2 aliphatic rings. The lowest BCUT2D eigenvalue weighted by Gasteiger charge is -2.49. The van der Waals surface area contributed by atoms with Gasteiger partial charge in [-0.05, 0) is 35.8 Å². The van der Waals surface area contributed by atoms with Gasteiger partial charge >= 0.3 is 6.09 Å². The van der Waals surface area contributed by atoms with Crippen LogP contribution in [0.1, 0.15) is 44.7 Å². The van der Waals surface area contributed by atoms with Crippen LogP contribution in [0.3, 0.4) is 0 Å². The van der Waals surface area contributed by atoms with Gasteiger partial charge in [0, 0.05) is 13.1 Å². The number of ether oxygens (including phenoxy) is 1. The minimum absolute atomic E-state index is 0.0739. The van der Waals surface area contributed by atoms with Crippen LogP contribution in [0.4, 0.5) is 4.79 Å². The summed E-state index contributed by atoms with van der Waals surface area (Å²) in [7, 11) is 0. The van der Waals surface area contributed by atoms with Crippen LogP contribution in [-0.2, 0) is 16.8 Å². The fourth-order valence-corrected chi connectivity index (χ4v) is 3.65. The lowest BCUT2D eigenvalue weighted by Crippen LogP contribution is -2.52. The highest BCUT2D eigenvalue weighted by Crippen LogP contribution is 2.46. The first-order valence-electron chi connectivity index (χ1n) is 8.06. The first-order valence-corrected chi connectivity index (χ1v) is 8.06. The fourth-order valence-electron chi connectivity index (χ4n) is 3.65.